The maximum atomic E-state index is 12.6. The van der Waals surface area contributed by atoms with Crippen LogP contribution in [-0.4, -0.2) is 20.8 Å². The molecule has 0 bridgehead atoms. The number of aromatic nitrogens is 3. The molecule has 0 aliphatic heterocycles. The zero-order valence-electron chi connectivity index (χ0n) is 15.1. The summed E-state index contributed by atoms with van der Waals surface area (Å²) in [6.45, 7) is 0. The quantitative estimate of drug-likeness (QED) is 0.711. The molecule has 138 valence electrons. The number of nitrogens with zero attached hydrogens (tertiary/aromatic N) is 3. The molecule has 1 fully saturated rings. The highest BCUT2D eigenvalue weighted by Crippen LogP contribution is 2.35. The molecule has 2 heterocycles. The Labute approximate surface area is 158 Å². The summed E-state index contributed by atoms with van der Waals surface area (Å²) in [6.07, 6.45) is 9.94. The molecule has 2 amide bonds. The number of hydrogen-bond donors (Lipinski definition) is 2. The molecule has 2 aromatic heterocycles. The molecule has 2 N–H and O–H groups in total. The van der Waals surface area contributed by atoms with Gasteiger partial charge >= 0.3 is 6.03 Å². The number of carbonyl (C=O) groups is 1. The first-order valence-electron chi connectivity index (χ1n) is 9.38. The predicted octanol–water partition coefficient (Wildman–Crippen LogP) is 4.32. The molecule has 6 heteroatoms. The highest BCUT2D eigenvalue weighted by molar-refractivity contribution is 5.89. The first-order valence-corrected chi connectivity index (χ1v) is 9.38. The molecule has 1 aliphatic rings. The van der Waals surface area contributed by atoms with Crippen molar-refractivity contribution in [2.45, 2.75) is 31.7 Å². The number of benzene rings is 1. The molecule has 3 aromatic rings. The number of anilines is 1. The van der Waals surface area contributed by atoms with Crippen molar-refractivity contribution in [3.63, 3.8) is 0 Å². The number of carbonyl (C=O) groups excluding carboxylic acids is 1. The van der Waals surface area contributed by atoms with Crippen molar-refractivity contribution in [1.29, 1.82) is 0 Å². The molecule has 0 spiro atoms. The molecule has 6 nitrogen and oxygen atoms in total. The van der Waals surface area contributed by atoms with Gasteiger partial charge in [0, 0.05) is 12.4 Å². The van der Waals surface area contributed by atoms with Crippen LogP contribution in [0.3, 0.4) is 0 Å². The third-order valence-corrected chi connectivity index (χ3v) is 5.06. The van der Waals surface area contributed by atoms with Crippen LogP contribution in [0.2, 0.25) is 0 Å². The number of amides is 2. The van der Waals surface area contributed by atoms with E-state index in [1.807, 2.05) is 42.6 Å². The van der Waals surface area contributed by atoms with Crippen molar-refractivity contribution in [1.82, 2.24) is 20.1 Å². The molecule has 0 saturated heterocycles. The van der Waals surface area contributed by atoms with E-state index in [1.165, 1.54) is 12.8 Å². The van der Waals surface area contributed by atoms with E-state index < -0.39 is 0 Å². The predicted molar refractivity (Wildman–Crippen MR) is 105 cm³/mol. The Morgan fingerprint density at radius 1 is 1.07 bits per heavy atom. The van der Waals surface area contributed by atoms with E-state index >= 15 is 0 Å². The average molecular weight is 361 g/mol. The number of nitrogens with one attached hydrogen (secondary N) is 2. The van der Waals surface area contributed by atoms with Crippen LogP contribution in [-0.2, 0) is 0 Å². The Morgan fingerprint density at radius 2 is 1.89 bits per heavy atom. The molecule has 4 rings (SSSR count). The SMILES string of the molecule is O=C(Nc1ccc(-n2cccn2)nc1)N[C@@H](c1ccccc1)C1CCCC1. The van der Waals surface area contributed by atoms with Crippen LogP contribution in [0.4, 0.5) is 10.5 Å². The fraction of sp³-hybridized carbons (Fsp3) is 0.286. The Morgan fingerprint density at radius 3 is 2.56 bits per heavy atom. The monoisotopic (exact) mass is 361 g/mol. The largest absolute Gasteiger partial charge is 0.331 e. The van der Waals surface area contributed by atoms with Gasteiger partial charge in [0.15, 0.2) is 5.82 Å². The summed E-state index contributed by atoms with van der Waals surface area (Å²) in [6, 6.07) is 15.5. The van der Waals surface area contributed by atoms with Gasteiger partial charge in [-0.05, 0) is 42.5 Å². The summed E-state index contributed by atoms with van der Waals surface area (Å²) < 4.78 is 1.68. The third-order valence-electron chi connectivity index (χ3n) is 5.06. The second-order valence-electron chi connectivity index (χ2n) is 6.89. The molecular formula is C21H23N5O. The molecule has 1 saturated carbocycles. The molecule has 0 radical (unpaired) electrons. The van der Waals surface area contributed by atoms with Crippen LogP contribution in [0.15, 0.2) is 67.1 Å². The summed E-state index contributed by atoms with van der Waals surface area (Å²) in [4.78, 5) is 16.9. The van der Waals surface area contributed by atoms with Gasteiger partial charge in [0.05, 0.1) is 17.9 Å². The van der Waals surface area contributed by atoms with Gasteiger partial charge in [-0.3, -0.25) is 0 Å². The zero-order valence-corrected chi connectivity index (χ0v) is 15.1. The van der Waals surface area contributed by atoms with Crippen LogP contribution >= 0.6 is 0 Å². The summed E-state index contributed by atoms with van der Waals surface area (Å²) in [5.74, 6) is 1.19. The van der Waals surface area contributed by atoms with Crippen molar-refractivity contribution < 1.29 is 4.79 Å². The number of hydrogen-bond acceptors (Lipinski definition) is 3. The van der Waals surface area contributed by atoms with Crippen LogP contribution in [0.1, 0.15) is 37.3 Å². The fourth-order valence-corrected chi connectivity index (χ4v) is 3.73. The van der Waals surface area contributed by atoms with E-state index in [9.17, 15) is 4.79 Å². The summed E-state index contributed by atoms with van der Waals surface area (Å²) in [5.41, 5.74) is 1.81. The van der Waals surface area contributed by atoms with Gasteiger partial charge in [-0.2, -0.15) is 5.10 Å². The van der Waals surface area contributed by atoms with Crippen LogP contribution in [0.5, 0.6) is 0 Å². The third kappa shape index (κ3) is 4.16. The maximum absolute atomic E-state index is 12.6. The lowest BCUT2D eigenvalue weighted by molar-refractivity contribution is 0.242. The van der Waals surface area contributed by atoms with Gasteiger partial charge in [-0.1, -0.05) is 43.2 Å². The van der Waals surface area contributed by atoms with Gasteiger partial charge in [-0.25, -0.2) is 14.5 Å². The first-order chi connectivity index (χ1) is 13.3. The topological polar surface area (TPSA) is 71.8 Å². The van der Waals surface area contributed by atoms with Crippen molar-refractivity contribution in [2.75, 3.05) is 5.32 Å². The molecule has 1 aliphatic carbocycles. The highest BCUT2D eigenvalue weighted by atomic mass is 16.2. The van der Waals surface area contributed by atoms with Gasteiger partial charge in [0.2, 0.25) is 0 Å². The minimum Gasteiger partial charge on any atom is -0.331 e. The van der Waals surface area contributed by atoms with E-state index in [2.05, 4.69) is 32.8 Å². The maximum Gasteiger partial charge on any atom is 0.319 e. The fourth-order valence-electron chi connectivity index (χ4n) is 3.73. The average Bonchev–Trinajstić information content (AvgIpc) is 3.41. The van der Waals surface area contributed by atoms with E-state index in [1.54, 1.807) is 17.1 Å². The van der Waals surface area contributed by atoms with Crippen molar-refractivity contribution >= 4 is 11.7 Å². The van der Waals surface area contributed by atoms with E-state index in [0.717, 1.165) is 18.4 Å². The Kier molecular flexibility index (Phi) is 5.14. The summed E-state index contributed by atoms with van der Waals surface area (Å²) in [5, 5.41) is 10.2. The van der Waals surface area contributed by atoms with Gasteiger partial charge in [-0.15, -0.1) is 0 Å². The second kappa shape index (κ2) is 8.03. The Hall–Kier alpha value is -3.15. The molecular weight excluding hydrogens is 338 g/mol. The number of pyridine rings is 1. The lowest BCUT2D eigenvalue weighted by atomic mass is 9.92. The normalized spacial score (nSPS) is 15.4. The second-order valence-corrected chi connectivity index (χ2v) is 6.89. The van der Waals surface area contributed by atoms with Gasteiger partial charge in [0.1, 0.15) is 0 Å². The van der Waals surface area contributed by atoms with Crippen LogP contribution in [0.25, 0.3) is 5.82 Å². The van der Waals surface area contributed by atoms with Crippen molar-refractivity contribution in [3.05, 3.63) is 72.7 Å². The van der Waals surface area contributed by atoms with Crippen molar-refractivity contribution in [2.24, 2.45) is 5.92 Å². The van der Waals surface area contributed by atoms with Crippen LogP contribution < -0.4 is 10.6 Å². The Balaban J connectivity index is 1.43. The lowest BCUT2D eigenvalue weighted by Crippen LogP contribution is -2.36. The zero-order chi connectivity index (χ0) is 18.5. The molecule has 1 atom stereocenters. The molecule has 0 unspecified atom stereocenters. The molecule has 27 heavy (non-hydrogen) atoms. The molecule has 1 aromatic carbocycles. The standard InChI is InChI=1S/C21H23N5O/c27-21(24-18-11-12-19(22-15-18)26-14-6-13-23-26)25-20(17-9-4-5-10-17)16-7-2-1-3-8-16/h1-3,6-8,11-15,17,20H,4-5,9-10H2,(H2,24,25,27)/t20-/m0/s1. The van der Waals surface area contributed by atoms with E-state index in [4.69, 9.17) is 0 Å². The first kappa shape index (κ1) is 17.3. The summed E-state index contributed by atoms with van der Waals surface area (Å²) >= 11 is 0. The highest BCUT2D eigenvalue weighted by Gasteiger charge is 2.27. The van der Waals surface area contributed by atoms with Gasteiger partial charge in [0.25, 0.3) is 0 Å². The number of urea groups is 1. The van der Waals surface area contributed by atoms with Crippen LogP contribution in [0, 0.1) is 5.92 Å². The van der Waals surface area contributed by atoms with Gasteiger partial charge < -0.3 is 10.6 Å². The summed E-state index contributed by atoms with van der Waals surface area (Å²) in [7, 11) is 0. The Bertz CT molecular complexity index is 855. The van der Waals surface area contributed by atoms with E-state index in [-0.39, 0.29) is 12.1 Å². The number of rotatable bonds is 5. The van der Waals surface area contributed by atoms with E-state index in [0.29, 0.717) is 17.4 Å². The van der Waals surface area contributed by atoms with Crippen molar-refractivity contribution in [3.8, 4) is 5.82 Å². The lowest BCUT2D eigenvalue weighted by Gasteiger charge is -2.25. The minimum absolute atomic E-state index is 0.0324. The minimum atomic E-state index is -0.204. The smallest absolute Gasteiger partial charge is 0.319 e.